The van der Waals surface area contributed by atoms with Crippen LogP contribution in [-0.2, 0) is 22.7 Å². The van der Waals surface area contributed by atoms with Crippen LogP contribution in [0.3, 0.4) is 0 Å². The van der Waals surface area contributed by atoms with E-state index >= 15 is 0 Å². The molecule has 3 aromatic heterocycles. The number of nitrogen functional groups attached to an aromatic ring is 1. The molecule has 7 rings (SSSR count). The van der Waals surface area contributed by atoms with Crippen molar-refractivity contribution in [2.24, 2.45) is 0 Å². The number of amides is 3. The van der Waals surface area contributed by atoms with Gasteiger partial charge >= 0.3 is 24.0 Å². The molecule has 2 aliphatic rings. The number of nitrogens with one attached hydrogen (secondary N) is 3. The molecule has 0 saturated carbocycles. The number of nitrogens with zero attached hydrogens (tertiary/aromatic N) is 6. The maximum atomic E-state index is 14.1. The van der Waals surface area contributed by atoms with Gasteiger partial charge in [-0.2, -0.15) is 8.75 Å². The van der Waals surface area contributed by atoms with E-state index in [1.165, 1.54) is 70.4 Å². The highest BCUT2D eigenvalue weighted by molar-refractivity contribution is 9.10. The Morgan fingerprint density at radius 1 is 0.690 bits per heavy atom. The van der Waals surface area contributed by atoms with Crippen LogP contribution < -0.4 is 31.2 Å². The number of hydrogen-bond donors (Lipinski definition) is 4. The smallest absolute Gasteiger partial charge is 0.346 e. The van der Waals surface area contributed by atoms with Gasteiger partial charge in [-0.3, -0.25) is 9.88 Å². The number of halogens is 6. The first-order valence-electron chi connectivity index (χ1n) is 22.4. The van der Waals surface area contributed by atoms with Crippen molar-refractivity contribution in [1.82, 2.24) is 38.7 Å². The summed E-state index contributed by atoms with van der Waals surface area (Å²) < 4.78 is 85.1. The Balaban J connectivity index is 0.000000212. The predicted octanol–water partition coefficient (Wildman–Crippen LogP) is 9.00. The lowest BCUT2D eigenvalue weighted by Gasteiger charge is -2.14. The molecule has 0 radical (unpaired) electrons. The fourth-order valence-electron chi connectivity index (χ4n) is 7.07. The third kappa shape index (κ3) is 17.7. The fourth-order valence-corrected chi connectivity index (χ4v) is 9.18. The molecule has 26 heteroatoms. The van der Waals surface area contributed by atoms with E-state index in [1.807, 2.05) is 0 Å². The summed E-state index contributed by atoms with van der Waals surface area (Å²) in [4.78, 5) is 56.3. The van der Waals surface area contributed by atoms with Gasteiger partial charge in [-0.15, -0.1) is 0 Å². The number of methoxy groups -OCH3 is 2. The molecule has 0 unspecified atom stereocenters. The number of esters is 2. The van der Waals surface area contributed by atoms with E-state index in [-0.39, 0.29) is 59.0 Å². The monoisotopic (exact) mass is 1160 g/mol. The molecule has 2 saturated heterocycles. The first-order chi connectivity index (χ1) is 34.2. The molecule has 5 aromatic rings. The van der Waals surface area contributed by atoms with Crippen molar-refractivity contribution in [2.45, 2.75) is 64.6 Å². The minimum absolute atomic E-state index is 0.0552. The van der Waals surface area contributed by atoms with Crippen LogP contribution >= 0.6 is 54.9 Å². The first kappa shape index (κ1) is 56.5. The summed E-state index contributed by atoms with van der Waals surface area (Å²) in [6.45, 7) is 7.26. The molecular weight excluding hydrogens is 1110 g/mol. The maximum Gasteiger partial charge on any atom is 0.346 e. The number of aromatic nitrogens is 4. The molecule has 18 nitrogen and oxygen atoms in total. The molecule has 0 aliphatic carbocycles. The highest BCUT2D eigenvalue weighted by atomic mass is 79.9. The molecule has 3 amide bonds. The zero-order valence-electron chi connectivity index (χ0n) is 38.9. The van der Waals surface area contributed by atoms with Crippen molar-refractivity contribution in [3.8, 4) is 11.8 Å². The summed E-state index contributed by atoms with van der Waals surface area (Å²) in [6.07, 6.45) is 14.0. The average molecular weight is 1160 g/mol. The van der Waals surface area contributed by atoms with Crippen LogP contribution in [0.2, 0.25) is 0 Å². The Labute approximate surface area is 432 Å². The SMILES string of the molecule is COC(=O)c1c(OCc2c(F)cc(Br)cc2F)nsc1N.COC(=O)c1c(OCc2c(F)cc(Br)cc2F)nsc1NC(=O)NCCCCN1CCCC1.O=C(NCCCCN1CCCC1)n1ccnc1. The van der Waals surface area contributed by atoms with Gasteiger partial charge in [0.15, 0.2) is 11.1 Å². The van der Waals surface area contributed by atoms with Crippen molar-refractivity contribution in [3.63, 3.8) is 0 Å². The quantitative estimate of drug-likeness (QED) is 0.0345. The molecule has 0 atom stereocenters. The van der Waals surface area contributed by atoms with Gasteiger partial charge in [-0.25, -0.2) is 41.7 Å². The zero-order valence-corrected chi connectivity index (χ0v) is 43.7. The number of unbranched alkanes of at least 4 members (excludes halogenated alkanes) is 2. The van der Waals surface area contributed by atoms with Crippen LogP contribution in [-0.4, -0.2) is 119 Å². The normalized spacial score (nSPS) is 13.4. The van der Waals surface area contributed by atoms with Crippen LogP contribution in [0.1, 0.15) is 83.2 Å². The van der Waals surface area contributed by atoms with Crippen LogP contribution in [0.15, 0.2) is 51.9 Å². The average Bonchev–Trinajstić information content (AvgIpc) is 4.21. The molecule has 5 N–H and O–H groups in total. The molecular formula is C45H54Br2F4N10O8S2. The van der Waals surface area contributed by atoms with Gasteiger partial charge < -0.3 is 45.1 Å². The topological polar surface area (TPSA) is 217 Å². The Bertz CT molecular complexity index is 2480. The first-order valence-corrected chi connectivity index (χ1v) is 25.5. The number of benzene rings is 2. The number of likely N-dealkylation sites (tertiary alicyclic amines) is 2. The lowest BCUT2D eigenvalue weighted by molar-refractivity contribution is 0.0587. The number of carbonyl (C=O) groups is 4. The lowest BCUT2D eigenvalue weighted by atomic mass is 10.2. The Hall–Kier alpha value is -5.41. The Morgan fingerprint density at radius 3 is 1.63 bits per heavy atom. The van der Waals surface area contributed by atoms with E-state index in [4.69, 9.17) is 19.9 Å². The van der Waals surface area contributed by atoms with Gasteiger partial charge in [0.05, 0.1) is 25.3 Å². The van der Waals surface area contributed by atoms with Crippen molar-refractivity contribution >= 4 is 88.9 Å². The highest BCUT2D eigenvalue weighted by Crippen LogP contribution is 2.33. The summed E-state index contributed by atoms with van der Waals surface area (Å²) in [7, 11) is 2.35. The summed E-state index contributed by atoms with van der Waals surface area (Å²) in [6, 6.07) is 3.83. The van der Waals surface area contributed by atoms with Crippen molar-refractivity contribution < 1.29 is 55.7 Å². The fraction of sp³-hybridized carbons (Fsp3) is 0.444. The van der Waals surface area contributed by atoms with Gasteiger partial charge in [-0.1, -0.05) is 31.9 Å². The summed E-state index contributed by atoms with van der Waals surface area (Å²) >= 11 is 7.62. The maximum absolute atomic E-state index is 14.1. The number of hydrogen-bond acceptors (Lipinski definition) is 16. The number of ether oxygens (including phenoxy) is 4. The van der Waals surface area contributed by atoms with E-state index in [0.29, 0.717) is 6.54 Å². The van der Waals surface area contributed by atoms with E-state index < -0.39 is 54.5 Å². The molecule has 2 aromatic carbocycles. The molecule has 71 heavy (non-hydrogen) atoms. The van der Waals surface area contributed by atoms with Crippen molar-refractivity contribution in [2.75, 3.05) is 77.6 Å². The standard InChI is InChI=1S/C21H25BrF2N4O4S.C12H9BrF2N2O3S.C12H20N4O/c1-31-20(29)17-18(32-12-14-15(23)10-13(22)11-16(14)24)27-33-19(17)26-21(30)25-6-2-3-7-28-8-4-5-9-28;1-19-12(18)9-10(16)21-17-11(9)20-4-6-7(14)2-5(13)3-8(6)15;17-12(16-10-6-13-11-16)14-5-1-2-7-15-8-3-4-9-15/h10-11H,2-9,12H2,1H3,(H2,25,26,30);2-3H,4,16H2,1H3;6,10-11H,1-5,7-9H2,(H,14,17). The van der Waals surface area contributed by atoms with Crippen LogP contribution in [0.25, 0.3) is 0 Å². The Kier molecular flexibility index (Phi) is 23.2. The molecule has 5 heterocycles. The molecule has 2 fully saturated rings. The van der Waals surface area contributed by atoms with Gasteiger partial charge in [-0.05, 0) is 138 Å². The summed E-state index contributed by atoms with van der Waals surface area (Å²) in [5.41, 5.74) is 4.82. The minimum atomic E-state index is -0.806. The molecule has 0 spiro atoms. The van der Waals surface area contributed by atoms with Gasteiger partial charge in [0, 0.05) is 34.4 Å². The van der Waals surface area contributed by atoms with E-state index in [0.717, 1.165) is 99.2 Å². The number of nitrogens with two attached hydrogens (primary N) is 1. The number of rotatable bonds is 19. The van der Waals surface area contributed by atoms with Gasteiger partial charge in [0.25, 0.3) is 0 Å². The molecule has 0 bridgehead atoms. The van der Waals surface area contributed by atoms with Gasteiger partial charge in [0.1, 0.15) is 52.8 Å². The number of urea groups is 1. The third-order valence-corrected chi connectivity index (χ3v) is 13.1. The summed E-state index contributed by atoms with van der Waals surface area (Å²) in [5, 5.41) is 8.40. The van der Waals surface area contributed by atoms with Gasteiger partial charge in [0.2, 0.25) is 11.8 Å². The lowest BCUT2D eigenvalue weighted by Crippen LogP contribution is -2.30. The molecule has 386 valence electrons. The third-order valence-electron chi connectivity index (χ3n) is 10.8. The minimum Gasteiger partial charge on any atom is -0.471 e. The zero-order chi connectivity index (χ0) is 51.3. The van der Waals surface area contributed by atoms with E-state index in [9.17, 15) is 36.7 Å². The summed E-state index contributed by atoms with van der Waals surface area (Å²) in [5.74, 6) is -4.99. The van der Waals surface area contributed by atoms with Crippen molar-refractivity contribution in [3.05, 3.63) is 97.5 Å². The van der Waals surface area contributed by atoms with E-state index in [1.54, 1.807) is 12.4 Å². The number of anilines is 2. The second-order valence-corrected chi connectivity index (χ2v) is 19.2. The van der Waals surface area contributed by atoms with Crippen LogP contribution in [0.4, 0.5) is 37.2 Å². The largest absolute Gasteiger partial charge is 0.471 e. The Morgan fingerprint density at radius 2 is 1.15 bits per heavy atom. The number of carbonyl (C=O) groups excluding carboxylic acids is 4. The predicted molar refractivity (Wildman–Crippen MR) is 266 cm³/mol. The second-order valence-electron chi connectivity index (χ2n) is 15.8. The van der Waals surface area contributed by atoms with E-state index in [2.05, 4.69) is 76.1 Å². The second kappa shape index (κ2) is 29.2. The van der Waals surface area contributed by atoms with Crippen LogP contribution in [0.5, 0.6) is 11.8 Å². The van der Waals surface area contributed by atoms with Crippen LogP contribution in [0, 0.1) is 23.3 Å². The van der Waals surface area contributed by atoms with Crippen molar-refractivity contribution in [1.29, 1.82) is 0 Å². The number of imidazole rings is 1. The molecule has 2 aliphatic heterocycles. The highest BCUT2D eigenvalue weighted by Gasteiger charge is 2.26.